The molecule has 2 aromatic rings. The average molecular weight is 365 g/mol. The number of nitrogens with one attached hydrogen (secondary N) is 1. The van der Waals surface area contributed by atoms with Gasteiger partial charge in [-0.1, -0.05) is 12.2 Å². The average Bonchev–Trinajstić information content (AvgIpc) is 3.41. The second kappa shape index (κ2) is 5.60. The Morgan fingerprint density at radius 3 is 2.31 bits per heavy atom. The lowest BCUT2D eigenvalue weighted by molar-refractivity contribution is -0.123. The monoisotopic (exact) mass is 365 g/mol. The highest BCUT2D eigenvalue weighted by atomic mass is 32.1. The number of allylic oxidation sites excluding steroid dienone is 2. The lowest BCUT2D eigenvalue weighted by Gasteiger charge is -2.17. The molecule has 2 fully saturated rings. The van der Waals surface area contributed by atoms with Crippen molar-refractivity contribution in [3.05, 3.63) is 53.6 Å². The first-order chi connectivity index (χ1) is 12.6. The van der Waals surface area contributed by atoms with Gasteiger partial charge in [-0.3, -0.25) is 24.6 Å². The highest BCUT2D eigenvalue weighted by molar-refractivity contribution is 7.13. The molecule has 1 aromatic carbocycles. The highest BCUT2D eigenvalue weighted by Gasteiger charge is 2.59. The number of nitrogens with zero attached hydrogens (tertiary/aromatic N) is 2. The number of benzene rings is 1. The first kappa shape index (κ1) is 15.5. The summed E-state index contributed by atoms with van der Waals surface area (Å²) in [5.41, 5.74) is 0.976. The fourth-order valence-electron chi connectivity index (χ4n) is 4.37. The molecule has 1 aromatic heterocycles. The van der Waals surface area contributed by atoms with Gasteiger partial charge in [-0.2, -0.15) is 0 Å². The number of hydrogen-bond acceptors (Lipinski definition) is 5. The molecule has 7 heteroatoms. The molecule has 26 heavy (non-hydrogen) atoms. The van der Waals surface area contributed by atoms with Crippen molar-refractivity contribution < 1.29 is 14.4 Å². The standard InChI is InChI=1S/C19H15N3O3S/c23-16(21-19-20-7-8-26-19)10-3-5-13(6-4-10)22-17(24)14-11-1-2-12(9-11)15(14)18(22)25/h1-8,11-12,14-15H,9H2,(H,20,21,23)/t11-,12+,14-,15-/m0/s1. The van der Waals surface area contributed by atoms with Crippen LogP contribution in [0.2, 0.25) is 0 Å². The predicted molar refractivity (Wildman–Crippen MR) is 96.7 cm³/mol. The minimum absolute atomic E-state index is 0.114. The summed E-state index contributed by atoms with van der Waals surface area (Å²) in [6.07, 6.45) is 6.68. The lowest BCUT2D eigenvalue weighted by Crippen LogP contribution is -2.32. The fraction of sp³-hybridized carbons (Fsp3) is 0.263. The van der Waals surface area contributed by atoms with E-state index in [1.54, 1.807) is 35.8 Å². The van der Waals surface area contributed by atoms with Crippen molar-refractivity contribution in [2.75, 3.05) is 10.2 Å². The summed E-state index contributed by atoms with van der Waals surface area (Å²) >= 11 is 1.34. The normalized spacial score (nSPS) is 28.7. The fourth-order valence-corrected chi connectivity index (χ4v) is 4.90. The van der Waals surface area contributed by atoms with E-state index >= 15 is 0 Å². The molecule has 1 saturated carbocycles. The number of carbonyl (C=O) groups is 3. The summed E-state index contributed by atoms with van der Waals surface area (Å²) in [5.74, 6) is -0.557. The number of thiazole rings is 1. The minimum Gasteiger partial charge on any atom is -0.298 e. The van der Waals surface area contributed by atoms with Crippen LogP contribution in [0, 0.1) is 23.7 Å². The number of anilines is 2. The van der Waals surface area contributed by atoms with Crippen LogP contribution in [0.25, 0.3) is 0 Å². The predicted octanol–water partition coefficient (Wildman–Crippen LogP) is 2.71. The van der Waals surface area contributed by atoms with Crippen molar-refractivity contribution in [1.82, 2.24) is 4.98 Å². The molecule has 5 rings (SSSR count). The van der Waals surface area contributed by atoms with Crippen LogP contribution < -0.4 is 10.2 Å². The van der Waals surface area contributed by atoms with Crippen molar-refractivity contribution in [3.63, 3.8) is 0 Å². The van der Waals surface area contributed by atoms with Gasteiger partial charge in [0.2, 0.25) is 11.8 Å². The van der Waals surface area contributed by atoms with Crippen molar-refractivity contribution in [2.24, 2.45) is 23.7 Å². The van der Waals surface area contributed by atoms with Crippen molar-refractivity contribution in [2.45, 2.75) is 6.42 Å². The smallest absolute Gasteiger partial charge is 0.257 e. The Morgan fingerprint density at radius 2 is 1.73 bits per heavy atom. The Labute approximate surface area is 153 Å². The van der Waals surface area contributed by atoms with E-state index in [-0.39, 0.29) is 41.4 Å². The molecule has 0 radical (unpaired) electrons. The number of hydrogen-bond donors (Lipinski definition) is 1. The van der Waals surface area contributed by atoms with Crippen LogP contribution in [0.4, 0.5) is 10.8 Å². The molecule has 1 aliphatic heterocycles. The second-order valence-corrected chi connectivity index (χ2v) is 7.74. The van der Waals surface area contributed by atoms with E-state index in [2.05, 4.69) is 22.5 Å². The number of rotatable bonds is 3. The van der Waals surface area contributed by atoms with E-state index in [1.165, 1.54) is 16.2 Å². The maximum atomic E-state index is 12.8. The van der Waals surface area contributed by atoms with Gasteiger partial charge < -0.3 is 0 Å². The third-order valence-corrected chi connectivity index (χ3v) is 6.20. The molecule has 4 atom stereocenters. The largest absolute Gasteiger partial charge is 0.298 e. The zero-order valence-corrected chi connectivity index (χ0v) is 14.5. The number of carbonyl (C=O) groups excluding carboxylic acids is 3. The molecule has 2 bridgehead atoms. The number of aromatic nitrogens is 1. The van der Waals surface area contributed by atoms with E-state index in [0.29, 0.717) is 16.4 Å². The summed E-state index contributed by atoms with van der Waals surface area (Å²) in [4.78, 5) is 43.1. The molecule has 3 aliphatic rings. The molecule has 1 saturated heterocycles. The summed E-state index contributed by atoms with van der Waals surface area (Å²) in [6, 6.07) is 6.56. The molecule has 1 N–H and O–H groups in total. The van der Waals surface area contributed by atoms with E-state index in [1.807, 2.05) is 0 Å². The lowest BCUT2D eigenvalue weighted by atomic mass is 9.85. The van der Waals surface area contributed by atoms with Gasteiger partial charge in [0.25, 0.3) is 5.91 Å². The Morgan fingerprint density at radius 1 is 1.08 bits per heavy atom. The van der Waals surface area contributed by atoms with Crippen LogP contribution in [0.5, 0.6) is 0 Å². The molecule has 3 amide bonds. The molecule has 130 valence electrons. The van der Waals surface area contributed by atoms with E-state index in [9.17, 15) is 14.4 Å². The zero-order chi connectivity index (χ0) is 17.8. The van der Waals surface area contributed by atoms with Gasteiger partial charge >= 0.3 is 0 Å². The van der Waals surface area contributed by atoms with Gasteiger partial charge in [-0.25, -0.2) is 4.98 Å². The third-order valence-electron chi connectivity index (χ3n) is 5.51. The third kappa shape index (κ3) is 2.17. The summed E-state index contributed by atoms with van der Waals surface area (Å²) in [7, 11) is 0. The van der Waals surface area contributed by atoms with Crippen LogP contribution in [0.3, 0.4) is 0 Å². The van der Waals surface area contributed by atoms with E-state index < -0.39 is 0 Å². The van der Waals surface area contributed by atoms with Gasteiger partial charge in [0.05, 0.1) is 17.5 Å². The Hall–Kier alpha value is -2.80. The van der Waals surface area contributed by atoms with Gasteiger partial charge in [0.15, 0.2) is 5.13 Å². The van der Waals surface area contributed by atoms with E-state index in [0.717, 1.165) is 6.42 Å². The van der Waals surface area contributed by atoms with Crippen LogP contribution in [0.15, 0.2) is 48.0 Å². The quantitative estimate of drug-likeness (QED) is 0.670. The first-order valence-electron chi connectivity index (χ1n) is 8.50. The van der Waals surface area contributed by atoms with Crippen molar-refractivity contribution in [3.8, 4) is 0 Å². The molecule has 0 unspecified atom stereocenters. The second-order valence-electron chi connectivity index (χ2n) is 6.85. The number of imide groups is 1. The Bertz CT molecular complexity index is 905. The molecule has 2 aliphatic carbocycles. The molecule has 6 nitrogen and oxygen atoms in total. The summed E-state index contributed by atoms with van der Waals surface area (Å²) in [5, 5.41) is 5.02. The maximum absolute atomic E-state index is 12.8. The van der Waals surface area contributed by atoms with Crippen molar-refractivity contribution >= 4 is 39.9 Å². The minimum atomic E-state index is -0.273. The van der Waals surface area contributed by atoms with Gasteiger partial charge in [-0.15, -0.1) is 11.3 Å². The maximum Gasteiger partial charge on any atom is 0.257 e. The summed E-state index contributed by atoms with van der Waals surface area (Å²) in [6.45, 7) is 0. The van der Waals surface area contributed by atoms with Gasteiger partial charge in [0, 0.05) is 17.1 Å². The van der Waals surface area contributed by atoms with Crippen LogP contribution >= 0.6 is 11.3 Å². The molecule has 2 heterocycles. The van der Waals surface area contributed by atoms with Gasteiger partial charge in [0.1, 0.15) is 0 Å². The number of fused-ring (bicyclic) bond motifs is 5. The van der Waals surface area contributed by atoms with E-state index in [4.69, 9.17) is 0 Å². The SMILES string of the molecule is O=C(Nc1nccs1)c1ccc(N2C(=O)[C@@H]3[C@@H](C2=O)[C@H]2C=C[C@@H]3C2)cc1. The zero-order valence-electron chi connectivity index (χ0n) is 13.7. The topological polar surface area (TPSA) is 79.4 Å². The van der Waals surface area contributed by atoms with Crippen molar-refractivity contribution in [1.29, 1.82) is 0 Å². The Kier molecular flexibility index (Phi) is 3.33. The number of amides is 3. The summed E-state index contributed by atoms with van der Waals surface area (Å²) < 4.78 is 0. The molecule has 0 spiro atoms. The molecular formula is C19H15N3O3S. The van der Waals surface area contributed by atoms with Crippen LogP contribution in [-0.4, -0.2) is 22.7 Å². The first-order valence-corrected chi connectivity index (χ1v) is 9.38. The highest BCUT2D eigenvalue weighted by Crippen LogP contribution is 2.53. The molecular weight excluding hydrogens is 350 g/mol. The van der Waals surface area contributed by atoms with Gasteiger partial charge in [-0.05, 0) is 42.5 Å². The Balaban J connectivity index is 1.37. The van der Waals surface area contributed by atoms with Crippen LogP contribution in [-0.2, 0) is 9.59 Å². The van der Waals surface area contributed by atoms with Crippen LogP contribution in [0.1, 0.15) is 16.8 Å².